The van der Waals surface area contributed by atoms with E-state index < -0.39 is 5.97 Å². The van der Waals surface area contributed by atoms with Crippen molar-refractivity contribution in [3.63, 3.8) is 0 Å². The number of hydrogen-bond donors (Lipinski definition) is 0. The molecule has 0 spiro atoms. The summed E-state index contributed by atoms with van der Waals surface area (Å²) in [4.78, 5) is 23.4. The summed E-state index contributed by atoms with van der Waals surface area (Å²) in [5, 5.41) is 0. The van der Waals surface area contributed by atoms with E-state index in [-0.39, 0.29) is 18.8 Å². The molecule has 0 fully saturated rings. The van der Waals surface area contributed by atoms with Crippen molar-refractivity contribution in [2.45, 2.75) is 19.8 Å². The third-order valence-electron chi connectivity index (χ3n) is 3.23. The van der Waals surface area contributed by atoms with Crippen molar-refractivity contribution in [2.24, 2.45) is 0 Å². The summed E-state index contributed by atoms with van der Waals surface area (Å²) in [6, 6.07) is 7.84. The fourth-order valence-corrected chi connectivity index (χ4v) is 2.31. The van der Waals surface area contributed by atoms with E-state index in [0.29, 0.717) is 11.3 Å². The van der Waals surface area contributed by atoms with Gasteiger partial charge in [0.2, 0.25) is 0 Å². The zero-order valence-electron chi connectivity index (χ0n) is 12.2. The first-order valence-electron chi connectivity index (χ1n) is 6.88. The number of fused-ring (bicyclic) bond motifs is 1. The van der Waals surface area contributed by atoms with E-state index >= 15 is 0 Å². The molecule has 0 saturated heterocycles. The van der Waals surface area contributed by atoms with Crippen molar-refractivity contribution in [2.75, 3.05) is 13.7 Å². The number of ether oxygens (including phenoxy) is 2. The highest BCUT2D eigenvalue weighted by atomic mass is 16.5. The van der Waals surface area contributed by atoms with Crippen molar-refractivity contribution in [1.82, 2.24) is 0 Å². The van der Waals surface area contributed by atoms with E-state index in [1.54, 1.807) is 14.0 Å². The van der Waals surface area contributed by atoms with Crippen LogP contribution < -0.4 is 0 Å². The number of carbonyl (C=O) groups excluding carboxylic acids is 2. The molecule has 0 saturated carbocycles. The summed E-state index contributed by atoms with van der Waals surface area (Å²) < 4.78 is 10.1. The molecule has 0 aliphatic heterocycles. The third kappa shape index (κ3) is 3.60. The van der Waals surface area contributed by atoms with Crippen LogP contribution in [0.3, 0.4) is 0 Å². The van der Waals surface area contributed by atoms with Crippen molar-refractivity contribution in [1.29, 1.82) is 0 Å². The van der Waals surface area contributed by atoms with Gasteiger partial charge in [-0.2, -0.15) is 0 Å². The Morgan fingerprint density at radius 1 is 1.29 bits per heavy atom. The molecule has 1 aliphatic carbocycles. The summed E-state index contributed by atoms with van der Waals surface area (Å²) in [6.07, 6.45) is 3.91. The molecule has 0 unspecified atom stereocenters. The number of ketones is 1. The number of benzene rings is 1. The van der Waals surface area contributed by atoms with Crippen molar-refractivity contribution >= 4 is 17.3 Å². The van der Waals surface area contributed by atoms with Gasteiger partial charge in [0.25, 0.3) is 0 Å². The molecule has 2 rings (SSSR count). The highest BCUT2D eigenvalue weighted by Crippen LogP contribution is 2.31. The average molecular weight is 286 g/mol. The van der Waals surface area contributed by atoms with Crippen molar-refractivity contribution in [3.05, 3.63) is 53.3 Å². The van der Waals surface area contributed by atoms with E-state index in [4.69, 9.17) is 9.47 Å². The number of allylic oxidation sites excluding steroid dienone is 3. The van der Waals surface area contributed by atoms with Gasteiger partial charge in [0.1, 0.15) is 12.2 Å². The second-order valence-electron chi connectivity index (χ2n) is 4.64. The largest absolute Gasteiger partial charge is 0.496 e. The molecule has 0 heterocycles. The lowest BCUT2D eigenvalue weighted by molar-refractivity contribution is -0.144. The summed E-state index contributed by atoms with van der Waals surface area (Å²) in [7, 11) is 1.57. The van der Waals surface area contributed by atoms with Crippen LogP contribution in [0.5, 0.6) is 0 Å². The normalized spacial score (nSPS) is 15.1. The van der Waals surface area contributed by atoms with E-state index in [9.17, 15) is 9.59 Å². The maximum Gasteiger partial charge on any atom is 0.313 e. The van der Waals surface area contributed by atoms with Crippen LogP contribution in [0.2, 0.25) is 0 Å². The van der Waals surface area contributed by atoms with Crippen molar-refractivity contribution < 1.29 is 19.1 Å². The average Bonchev–Trinajstić information content (AvgIpc) is 2.47. The molecule has 0 amide bonds. The number of carbonyl (C=O) groups is 2. The number of methoxy groups -OCH3 is 1. The summed E-state index contributed by atoms with van der Waals surface area (Å²) >= 11 is 0. The molecule has 1 aromatic carbocycles. The first kappa shape index (κ1) is 15.0. The zero-order chi connectivity index (χ0) is 15.2. The molecule has 0 bridgehead atoms. The minimum absolute atomic E-state index is 0.253. The Bertz CT molecular complexity index is 611. The Balaban J connectivity index is 2.27. The maximum atomic E-state index is 12.0. The lowest BCUT2D eigenvalue weighted by Gasteiger charge is -2.19. The first-order valence-corrected chi connectivity index (χ1v) is 6.88. The second-order valence-corrected chi connectivity index (χ2v) is 4.64. The molecule has 4 nitrogen and oxygen atoms in total. The Hall–Kier alpha value is -2.36. The van der Waals surface area contributed by atoms with Crippen LogP contribution in [0.4, 0.5) is 0 Å². The van der Waals surface area contributed by atoms with E-state index in [1.807, 2.05) is 30.3 Å². The van der Waals surface area contributed by atoms with Crippen LogP contribution in [0.15, 0.2) is 42.2 Å². The van der Waals surface area contributed by atoms with Crippen LogP contribution >= 0.6 is 0 Å². The Labute approximate surface area is 124 Å². The van der Waals surface area contributed by atoms with Gasteiger partial charge >= 0.3 is 5.97 Å². The molecule has 110 valence electrons. The zero-order valence-corrected chi connectivity index (χ0v) is 12.2. The standard InChI is InChI=1S/C17H18O4/c1-3-21-17(19)11-13(18)10-15-14-7-5-4-6-12(14)8-9-16(15)20-2/h4-7,9-10H,3,8,11H2,1-2H3. The highest BCUT2D eigenvalue weighted by molar-refractivity contribution is 6.07. The van der Waals surface area contributed by atoms with Gasteiger partial charge in [-0.25, -0.2) is 0 Å². The Kier molecular flexibility index (Phi) is 4.93. The summed E-state index contributed by atoms with van der Waals surface area (Å²) in [5.41, 5.74) is 2.82. The SMILES string of the molecule is CCOC(=O)CC(=O)C=C1C(OC)=CCc2ccccc21. The summed E-state index contributed by atoms with van der Waals surface area (Å²) in [6.45, 7) is 1.98. The number of rotatable bonds is 5. The molecule has 0 aromatic heterocycles. The van der Waals surface area contributed by atoms with E-state index in [0.717, 1.165) is 17.5 Å². The minimum Gasteiger partial charge on any atom is -0.496 e. The van der Waals surface area contributed by atoms with Gasteiger partial charge in [-0.15, -0.1) is 0 Å². The molecule has 1 aliphatic rings. The predicted molar refractivity (Wildman–Crippen MR) is 79.5 cm³/mol. The van der Waals surface area contributed by atoms with Crippen LogP contribution in [0.1, 0.15) is 24.5 Å². The Morgan fingerprint density at radius 2 is 2.05 bits per heavy atom. The minimum atomic E-state index is -0.508. The smallest absolute Gasteiger partial charge is 0.313 e. The fraction of sp³-hybridized carbons (Fsp3) is 0.294. The molecule has 1 aromatic rings. The Morgan fingerprint density at radius 3 is 2.76 bits per heavy atom. The van der Waals surface area contributed by atoms with Gasteiger partial charge in [0.15, 0.2) is 5.78 Å². The quantitative estimate of drug-likeness (QED) is 0.474. The lowest BCUT2D eigenvalue weighted by Crippen LogP contribution is -2.11. The number of hydrogen-bond acceptors (Lipinski definition) is 4. The van der Waals surface area contributed by atoms with Gasteiger partial charge in [-0.05, 0) is 36.6 Å². The fourth-order valence-electron chi connectivity index (χ4n) is 2.31. The monoisotopic (exact) mass is 286 g/mol. The van der Waals surface area contributed by atoms with Crippen LogP contribution in [0, 0.1) is 0 Å². The van der Waals surface area contributed by atoms with E-state index in [1.165, 1.54) is 6.08 Å². The van der Waals surface area contributed by atoms with E-state index in [2.05, 4.69) is 0 Å². The van der Waals surface area contributed by atoms with Gasteiger partial charge in [-0.3, -0.25) is 9.59 Å². The number of esters is 1. The van der Waals surface area contributed by atoms with Crippen LogP contribution in [-0.2, 0) is 25.5 Å². The molecule has 0 radical (unpaired) electrons. The first-order chi connectivity index (χ1) is 10.2. The molecular formula is C17H18O4. The summed E-state index contributed by atoms with van der Waals surface area (Å²) in [5.74, 6) is -0.139. The molecule has 4 heteroatoms. The molecule has 21 heavy (non-hydrogen) atoms. The van der Waals surface area contributed by atoms with Gasteiger partial charge in [0, 0.05) is 5.57 Å². The lowest BCUT2D eigenvalue weighted by atomic mass is 9.90. The predicted octanol–water partition coefficient (Wildman–Crippen LogP) is 2.68. The molecular weight excluding hydrogens is 268 g/mol. The highest BCUT2D eigenvalue weighted by Gasteiger charge is 2.19. The third-order valence-corrected chi connectivity index (χ3v) is 3.23. The topological polar surface area (TPSA) is 52.6 Å². The molecule has 0 atom stereocenters. The second kappa shape index (κ2) is 6.88. The van der Waals surface area contributed by atoms with Crippen LogP contribution in [0.25, 0.3) is 5.57 Å². The maximum absolute atomic E-state index is 12.0. The van der Waals surface area contributed by atoms with Crippen molar-refractivity contribution in [3.8, 4) is 0 Å². The van der Waals surface area contributed by atoms with Gasteiger partial charge < -0.3 is 9.47 Å². The van der Waals surface area contributed by atoms with Gasteiger partial charge in [0.05, 0.1) is 13.7 Å². The molecule has 0 N–H and O–H groups in total. The van der Waals surface area contributed by atoms with Gasteiger partial charge in [-0.1, -0.05) is 24.3 Å². The van der Waals surface area contributed by atoms with Crippen LogP contribution in [-0.4, -0.2) is 25.5 Å².